The first-order valence-electron chi connectivity index (χ1n) is 5.76. The minimum absolute atomic E-state index is 0.145. The van der Waals surface area contributed by atoms with Crippen LogP contribution in [0.3, 0.4) is 0 Å². The molecule has 0 aliphatic carbocycles. The van der Waals surface area contributed by atoms with Crippen LogP contribution in [0.25, 0.3) is 5.69 Å². The van der Waals surface area contributed by atoms with Crippen LogP contribution in [0.5, 0.6) is 5.75 Å². The molecule has 1 N–H and O–H groups in total. The molecular formula is C13H13ClN2O3. The average Bonchev–Trinajstić information content (AvgIpc) is 2.68. The Labute approximate surface area is 115 Å². The molecule has 0 bridgehead atoms. The second-order valence-corrected chi connectivity index (χ2v) is 4.27. The lowest BCUT2D eigenvalue weighted by molar-refractivity contribution is 0.0690. The lowest BCUT2D eigenvalue weighted by Crippen LogP contribution is -2.02. The van der Waals surface area contributed by atoms with Gasteiger partial charge in [-0.2, -0.15) is 5.10 Å². The number of hydrogen-bond acceptors (Lipinski definition) is 3. The highest BCUT2D eigenvalue weighted by molar-refractivity contribution is 6.33. The Hall–Kier alpha value is -2.01. The fourth-order valence-corrected chi connectivity index (χ4v) is 1.92. The summed E-state index contributed by atoms with van der Waals surface area (Å²) in [6.45, 7) is 4.22. The Kier molecular flexibility index (Phi) is 3.76. The van der Waals surface area contributed by atoms with E-state index in [9.17, 15) is 4.79 Å². The Morgan fingerprint density at radius 2 is 2.05 bits per heavy atom. The van der Waals surface area contributed by atoms with Crippen LogP contribution in [-0.4, -0.2) is 27.5 Å². The summed E-state index contributed by atoms with van der Waals surface area (Å²) in [4.78, 5) is 11.0. The maximum Gasteiger partial charge on any atom is 0.358 e. The summed E-state index contributed by atoms with van der Waals surface area (Å²) in [5, 5.41) is 13.1. The molecule has 1 aromatic carbocycles. The smallest absolute Gasteiger partial charge is 0.358 e. The number of benzene rings is 1. The van der Waals surface area contributed by atoms with Gasteiger partial charge in [-0.1, -0.05) is 11.6 Å². The number of aromatic carboxylic acids is 1. The quantitative estimate of drug-likeness (QED) is 0.935. The van der Waals surface area contributed by atoms with Crippen molar-refractivity contribution in [3.63, 3.8) is 0 Å². The highest BCUT2D eigenvalue weighted by atomic mass is 35.5. The van der Waals surface area contributed by atoms with Crippen molar-refractivity contribution in [2.24, 2.45) is 0 Å². The third-order valence-corrected chi connectivity index (χ3v) is 3.09. The predicted octanol–water partition coefficient (Wildman–Crippen LogP) is 2.93. The van der Waals surface area contributed by atoms with Gasteiger partial charge < -0.3 is 9.84 Å². The van der Waals surface area contributed by atoms with Crippen LogP contribution in [-0.2, 0) is 0 Å². The summed E-state index contributed by atoms with van der Waals surface area (Å²) in [6.07, 6.45) is 0. The molecule has 0 unspecified atom stereocenters. The SMILES string of the molecule is CCOc1ccc(-n2nc(C(=O)O)c(Cl)c2C)cc1. The van der Waals surface area contributed by atoms with E-state index in [1.807, 2.05) is 6.92 Å². The molecule has 2 aromatic rings. The van der Waals surface area contributed by atoms with Gasteiger partial charge in [0.2, 0.25) is 0 Å². The van der Waals surface area contributed by atoms with E-state index in [1.54, 1.807) is 31.2 Å². The van der Waals surface area contributed by atoms with Gasteiger partial charge in [-0.05, 0) is 38.1 Å². The number of nitrogens with zero attached hydrogens (tertiary/aromatic N) is 2. The van der Waals surface area contributed by atoms with Crippen molar-refractivity contribution in [1.82, 2.24) is 9.78 Å². The standard InChI is InChI=1S/C13H13ClN2O3/c1-3-19-10-6-4-9(5-7-10)16-8(2)11(14)12(15-16)13(17)18/h4-7H,3H2,1-2H3,(H,17,18). The Bertz CT molecular complexity index is 605. The third-order valence-electron chi connectivity index (χ3n) is 2.64. The van der Waals surface area contributed by atoms with Gasteiger partial charge in [0.05, 0.1) is 23.0 Å². The minimum atomic E-state index is -1.14. The highest BCUT2D eigenvalue weighted by Crippen LogP contribution is 2.24. The van der Waals surface area contributed by atoms with E-state index < -0.39 is 5.97 Å². The van der Waals surface area contributed by atoms with Gasteiger partial charge in [0.1, 0.15) is 5.75 Å². The second-order valence-electron chi connectivity index (χ2n) is 3.89. The topological polar surface area (TPSA) is 64.4 Å². The lowest BCUT2D eigenvalue weighted by Gasteiger charge is -2.06. The zero-order valence-electron chi connectivity index (χ0n) is 10.6. The van der Waals surface area contributed by atoms with Gasteiger partial charge in [0, 0.05) is 0 Å². The normalized spacial score (nSPS) is 10.5. The second kappa shape index (κ2) is 5.32. The van der Waals surface area contributed by atoms with E-state index in [2.05, 4.69) is 5.10 Å². The van der Waals surface area contributed by atoms with E-state index in [1.165, 1.54) is 4.68 Å². The van der Waals surface area contributed by atoms with Crippen LogP contribution in [0.4, 0.5) is 0 Å². The fraction of sp³-hybridized carbons (Fsp3) is 0.231. The summed E-state index contributed by atoms with van der Waals surface area (Å²) in [5.41, 5.74) is 1.17. The molecule has 6 heteroatoms. The number of carbonyl (C=O) groups is 1. The number of halogens is 1. The zero-order chi connectivity index (χ0) is 14.0. The van der Waals surface area contributed by atoms with Crippen molar-refractivity contribution >= 4 is 17.6 Å². The van der Waals surface area contributed by atoms with Gasteiger partial charge >= 0.3 is 5.97 Å². The summed E-state index contributed by atoms with van der Waals surface area (Å²) >= 11 is 5.95. The molecule has 5 nitrogen and oxygen atoms in total. The number of ether oxygens (including phenoxy) is 1. The Morgan fingerprint density at radius 3 is 2.53 bits per heavy atom. The van der Waals surface area contributed by atoms with E-state index >= 15 is 0 Å². The number of aromatic nitrogens is 2. The highest BCUT2D eigenvalue weighted by Gasteiger charge is 2.19. The van der Waals surface area contributed by atoms with Crippen molar-refractivity contribution < 1.29 is 14.6 Å². The van der Waals surface area contributed by atoms with Gasteiger partial charge in [-0.3, -0.25) is 0 Å². The molecule has 0 saturated carbocycles. The molecule has 0 radical (unpaired) electrons. The van der Waals surface area contributed by atoms with Crippen LogP contribution in [0.1, 0.15) is 23.1 Å². The first-order valence-corrected chi connectivity index (χ1v) is 6.14. The molecule has 1 heterocycles. The molecule has 0 spiro atoms. The largest absolute Gasteiger partial charge is 0.494 e. The first-order chi connectivity index (χ1) is 9.04. The molecule has 0 saturated heterocycles. The fourth-order valence-electron chi connectivity index (χ4n) is 1.72. The van der Waals surface area contributed by atoms with Gasteiger partial charge in [0.15, 0.2) is 5.69 Å². The molecule has 0 aliphatic heterocycles. The van der Waals surface area contributed by atoms with Gasteiger partial charge in [0.25, 0.3) is 0 Å². The maximum absolute atomic E-state index is 11.0. The molecule has 0 aliphatic rings. The molecule has 0 amide bonds. The molecule has 1 aromatic heterocycles. The van der Waals surface area contributed by atoms with Crippen LogP contribution in [0.2, 0.25) is 5.02 Å². The Morgan fingerprint density at radius 1 is 1.42 bits per heavy atom. The van der Waals surface area contributed by atoms with Crippen molar-refractivity contribution in [3.8, 4) is 11.4 Å². The number of rotatable bonds is 4. The lowest BCUT2D eigenvalue weighted by atomic mass is 10.3. The van der Waals surface area contributed by atoms with Crippen LogP contribution >= 0.6 is 11.6 Å². The van der Waals surface area contributed by atoms with Crippen molar-refractivity contribution in [1.29, 1.82) is 0 Å². The van der Waals surface area contributed by atoms with Crippen molar-refractivity contribution in [2.75, 3.05) is 6.61 Å². The molecule has 0 fully saturated rings. The molecule has 2 rings (SSSR count). The zero-order valence-corrected chi connectivity index (χ0v) is 11.3. The average molecular weight is 281 g/mol. The maximum atomic E-state index is 11.0. The summed E-state index contributed by atoms with van der Waals surface area (Å²) in [6, 6.07) is 7.20. The summed E-state index contributed by atoms with van der Waals surface area (Å²) < 4.78 is 6.85. The van der Waals surface area contributed by atoms with Crippen molar-refractivity contribution in [3.05, 3.63) is 40.7 Å². The predicted molar refractivity (Wildman–Crippen MR) is 71.4 cm³/mol. The monoisotopic (exact) mass is 280 g/mol. The number of carboxylic acid groups (broad SMARTS) is 1. The first kappa shape index (κ1) is 13.4. The summed E-state index contributed by atoms with van der Waals surface area (Å²) in [7, 11) is 0. The number of hydrogen-bond donors (Lipinski definition) is 1. The van der Waals surface area contributed by atoms with Crippen molar-refractivity contribution in [2.45, 2.75) is 13.8 Å². The van der Waals surface area contributed by atoms with Gasteiger partial charge in [-0.15, -0.1) is 0 Å². The molecular weight excluding hydrogens is 268 g/mol. The van der Waals surface area contributed by atoms with E-state index in [0.717, 1.165) is 11.4 Å². The third kappa shape index (κ3) is 2.56. The molecule has 0 atom stereocenters. The van der Waals surface area contributed by atoms with E-state index in [4.69, 9.17) is 21.4 Å². The minimum Gasteiger partial charge on any atom is -0.494 e. The van der Waals surface area contributed by atoms with Crippen LogP contribution in [0.15, 0.2) is 24.3 Å². The van der Waals surface area contributed by atoms with E-state index in [0.29, 0.717) is 12.3 Å². The van der Waals surface area contributed by atoms with Crippen LogP contribution in [0, 0.1) is 6.92 Å². The number of carboxylic acids is 1. The van der Waals surface area contributed by atoms with Gasteiger partial charge in [-0.25, -0.2) is 9.48 Å². The van der Waals surface area contributed by atoms with E-state index in [-0.39, 0.29) is 10.7 Å². The molecule has 100 valence electrons. The molecule has 19 heavy (non-hydrogen) atoms. The summed E-state index contributed by atoms with van der Waals surface area (Å²) in [5.74, 6) is -0.390. The Balaban J connectivity index is 2.41. The van der Waals surface area contributed by atoms with Crippen LogP contribution < -0.4 is 4.74 Å².